The van der Waals surface area contributed by atoms with Crippen LogP contribution in [0, 0.1) is 0 Å². The summed E-state index contributed by atoms with van der Waals surface area (Å²) in [6.45, 7) is 12.5. The molecule has 0 aliphatic carbocycles. The predicted octanol–water partition coefficient (Wildman–Crippen LogP) is 2.13. The average molecular weight is 387 g/mol. The van der Waals surface area contributed by atoms with Crippen molar-refractivity contribution in [2.75, 3.05) is 57.3 Å². The van der Waals surface area contributed by atoms with Gasteiger partial charge in [0.05, 0.1) is 0 Å². The third kappa shape index (κ3) is 5.11. The van der Waals surface area contributed by atoms with Crippen LogP contribution in [0.15, 0.2) is 18.2 Å². The second kappa shape index (κ2) is 10.0. The normalized spacial score (nSPS) is 17.6. The van der Waals surface area contributed by atoms with Crippen LogP contribution < -0.4 is 10.2 Å². The molecule has 0 atom stereocenters. The number of unbranched alkanes of at least 4 members (excludes halogenated alkanes) is 1. The highest BCUT2D eigenvalue weighted by Gasteiger charge is 2.24. The number of benzene rings is 1. The van der Waals surface area contributed by atoms with E-state index in [0.717, 1.165) is 63.2 Å². The van der Waals surface area contributed by atoms with Gasteiger partial charge in [-0.25, -0.2) is 0 Å². The lowest BCUT2D eigenvalue weighted by Gasteiger charge is -2.33. The van der Waals surface area contributed by atoms with Gasteiger partial charge in [0, 0.05) is 56.9 Å². The van der Waals surface area contributed by atoms with Gasteiger partial charge in [0.1, 0.15) is 0 Å². The first-order valence-electron chi connectivity index (χ1n) is 10.8. The fourth-order valence-electron chi connectivity index (χ4n) is 4.09. The first-order valence-corrected chi connectivity index (χ1v) is 10.8. The molecular weight excluding hydrogens is 352 g/mol. The van der Waals surface area contributed by atoms with E-state index < -0.39 is 0 Å². The molecule has 0 saturated carbocycles. The van der Waals surface area contributed by atoms with Crippen LogP contribution in [0.5, 0.6) is 0 Å². The van der Waals surface area contributed by atoms with Crippen LogP contribution in [0.4, 0.5) is 5.69 Å². The van der Waals surface area contributed by atoms with Gasteiger partial charge >= 0.3 is 0 Å². The van der Waals surface area contributed by atoms with Gasteiger partial charge in [-0.15, -0.1) is 0 Å². The van der Waals surface area contributed by atoms with Crippen molar-refractivity contribution in [3.63, 3.8) is 0 Å². The molecule has 28 heavy (non-hydrogen) atoms. The Morgan fingerprint density at radius 2 is 1.75 bits per heavy atom. The number of likely N-dealkylation sites (N-methyl/N-ethyl adjacent to an activating group) is 1. The summed E-state index contributed by atoms with van der Waals surface area (Å²) in [5.74, 6) is 0.131. The second-order valence-electron chi connectivity index (χ2n) is 7.73. The number of nitrogens with one attached hydrogen (secondary N) is 1. The first kappa shape index (κ1) is 20.8. The minimum Gasteiger partial charge on any atom is -0.352 e. The molecule has 1 aromatic rings. The number of fused-ring (bicyclic) bond motifs is 1. The largest absolute Gasteiger partial charge is 0.352 e. The maximum atomic E-state index is 12.4. The molecule has 0 unspecified atom stereocenters. The molecule has 3 rings (SSSR count). The molecule has 2 aliphatic heterocycles. The van der Waals surface area contributed by atoms with E-state index in [1.54, 1.807) is 0 Å². The molecule has 154 valence electrons. The van der Waals surface area contributed by atoms with E-state index in [-0.39, 0.29) is 11.8 Å². The van der Waals surface area contributed by atoms with E-state index in [1.165, 1.54) is 13.1 Å². The van der Waals surface area contributed by atoms with Gasteiger partial charge in [-0.05, 0) is 56.1 Å². The van der Waals surface area contributed by atoms with Crippen molar-refractivity contribution in [1.82, 2.24) is 15.1 Å². The Bertz CT molecular complexity index is 683. The van der Waals surface area contributed by atoms with Crippen molar-refractivity contribution in [2.24, 2.45) is 0 Å². The minimum atomic E-state index is -0.0142. The molecule has 0 spiro atoms. The molecule has 0 bridgehead atoms. The van der Waals surface area contributed by atoms with Gasteiger partial charge in [-0.3, -0.25) is 9.59 Å². The highest BCUT2D eigenvalue weighted by atomic mass is 16.2. The monoisotopic (exact) mass is 386 g/mol. The highest BCUT2D eigenvalue weighted by molar-refractivity contribution is 5.98. The third-order valence-electron chi connectivity index (χ3n) is 5.94. The number of hydrogen-bond donors (Lipinski definition) is 1. The van der Waals surface area contributed by atoms with Crippen LogP contribution in [-0.2, 0) is 11.2 Å². The molecule has 0 aromatic heterocycles. The van der Waals surface area contributed by atoms with E-state index in [0.29, 0.717) is 18.5 Å². The fraction of sp³-hybridized carbons (Fsp3) is 0.636. The summed E-state index contributed by atoms with van der Waals surface area (Å²) in [7, 11) is 0. The summed E-state index contributed by atoms with van der Waals surface area (Å²) in [6.07, 6.45) is 3.46. The SMILES string of the molecule is CCC(=O)N1CCc2cc(C(=O)NCCCCN3CCN(CC)CC3)ccc21. The Balaban J connectivity index is 1.38. The Hall–Kier alpha value is -1.92. The van der Waals surface area contributed by atoms with Gasteiger partial charge < -0.3 is 20.0 Å². The number of carbonyl (C=O) groups excluding carboxylic acids is 2. The van der Waals surface area contributed by atoms with E-state index in [2.05, 4.69) is 22.0 Å². The number of rotatable bonds is 8. The van der Waals surface area contributed by atoms with Gasteiger partial charge in [0.25, 0.3) is 5.91 Å². The van der Waals surface area contributed by atoms with E-state index in [4.69, 9.17) is 0 Å². The summed E-state index contributed by atoms with van der Waals surface area (Å²) in [6, 6.07) is 5.70. The number of nitrogens with zero attached hydrogens (tertiary/aromatic N) is 3. The predicted molar refractivity (Wildman–Crippen MR) is 113 cm³/mol. The van der Waals surface area contributed by atoms with E-state index in [9.17, 15) is 9.59 Å². The van der Waals surface area contributed by atoms with Crippen LogP contribution in [0.3, 0.4) is 0 Å². The van der Waals surface area contributed by atoms with Crippen molar-refractivity contribution >= 4 is 17.5 Å². The number of piperazine rings is 1. The number of hydrogen-bond acceptors (Lipinski definition) is 4. The summed E-state index contributed by atoms with van der Waals surface area (Å²) < 4.78 is 0. The standard InChI is InChI=1S/C22H34N4O2/c1-3-21(27)26-12-9-18-17-19(7-8-20(18)26)22(28)23-10-5-6-11-25-15-13-24(4-2)14-16-25/h7-8,17H,3-6,9-16H2,1-2H3,(H,23,28). The molecular formula is C22H34N4O2. The van der Waals surface area contributed by atoms with Gasteiger partial charge in [0.15, 0.2) is 0 Å². The van der Waals surface area contributed by atoms with Gasteiger partial charge in [-0.1, -0.05) is 13.8 Å². The smallest absolute Gasteiger partial charge is 0.251 e. The summed E-state index contributed by atoms with van der Waals surface area (Å²) in [4.78, 5) is 31.3. The molecule has 2 aliphatic rings. The second-order valence-corrected chi connectivity index (χ2v) is 7.73. The molecule has 1 N–H and O–H groups in total. The van der Waals surface area contributed by atoms with Crippen LogP contribution in [0.25, 0.3) is 0 Å². The molecule has 1 fully saturated rings. The number of carbonyl (C=O) groups is 2. The zero-order valence-electron chi connectivity index (χ0n) is 17.4. The topological polar surface area (TPSA) is 55.9 Å². The van der Waals surface area contributed by atoms with Crippen molar-refractivity contribution in [1.29, 1.82) is 0 Å². The van der Waals surface area contributed by atoms with Crippen molar-refractivity contribution in [2.45, 2.75) is 39.5 Å². The lowest BCUT2D eigenvalue weighted by atomic mass is 10.1. The van der Waals surface area contributed by atoms with Crippen LogP contribution in [0.1, 0.15) is 49.0 Å². The average Bonchev–Trinajstić information content (AvgIpc) is 3.16. The first-order chi connectivity index (χ1) is 13.6. The Kier molecular flexibility index (Phi) is 7.45. The van der Waals surface area contributed by atoms with Crippen LogP contribution in [-0.4, -0.2) is 74.0 Å². The minimum absolute atomic E-state index is 0.0142. The lowest BCUT2D eigenvalue weighted by molar-refractivity contribution is -0.118. The quantitative estimate of drug-likeness (QED) is 0.696. The molecule has 6 nitrogen and oxygen atoms in total. The Labute approximate surface area is 168 Å². The molecule has 1 saturated heterocycles. The number of anilines is 1. The van der Waals surface area contributed by atoms with Gasteiger partial charge in [0.2, 0.25) is 5.91 Å². The third-order valence-corrected chi connectivity index (χ3v) is 5.94. The fourth-order valence-corrected chi connectivity index (χ4v) is 4.09. The molecule has 6 heteroatoms. The van der Waals surface area contributed by atoms with E-state index in [1.807, 2.05) is 30.0 Å². The molecule has 0 radical (unpaired) electrons. The zero-order valence-corrected chi connectivity index (χ0v) is 17.4. The van der Waals surface area contributed by atoms with Crippen molar-refractivity contribution < 1.29 is 9.59 Å². The molecule has 2 heterocycles. The molecule has 1 aromatic carbocycles. The Morgan fingerprint density at radius 3 is 2.46 bits per heavy atom. The summed E-state index contributed by atoms with van der Waals surface area (Å²) in [5.41, 5.74) is 2.76. The maximum absolute atomic E-state index is 12.4. The zero-order chi connectivity index (χ0) is 19.9. The Morgan fingerprint density at radius 1 is 1.00 bits per heavy atom. The van der Waals surface area contributed by atoms with Crippen molar-refractivity contribution in [3.8, 4) is 0 Å². The van der Waals surface area contributed by atoms with Crippen molar-refractivity contribution in [3.05, 3.63) is 29.3 Å². The number of amides is 2. The summed E-state index contributed by atoms with van der Waals surface area (Å²) >= 11 is 0. The van der Waals surface area contributed by atoms with Crippen LogP contribution in [0.2, 0.25) is 0 Å². The van der Waals surface area contributed by atoms with Crippen LogP contribution >= 0.6 is 0 Å². The molecule has 2 amide bonds. The van der Waals surface area contributed by atoms with Gasteiger partial charge in [-0.2, -0.15) is 0 Å². The van der Waals surface area contributed by atoms with E-state index >= 15 is 0 Å². The highest BCUT2D eigenvalue weighted by Crippen LogP contribution is 2.29. The summed E-state index contributed by atoms with van der Waals surface area (Å²) in [5, 5.41) is 3.04. The lowest BCUT2D eigenvalue weighted by Crippen LogP contribution is -2.46. The maximum Gasteiger partial charge on any atom is 0.251 e.